The van der Waals surface area contributed by atoms with Crippen molar-refractivity contribution in [3.63, 3.8) is 0 Å². The van der Waals surface area contributed by atoms with Gasteiger partial charge in [-0.25, -0.2) is 4.79 Å². The summed E-state index contributed by atoms with van der Waals surface area (Å²) in [4.78, 5) is 38.3. The minimum Gasteiger partial charge on any atom is -0.450 e. The van der Waals surface area contributed by atoms with Crippen LogP contribution >= 0.6 is 11.3 Å². The van der Waals surface area contributed by atoms with Gasteiger partial charge in [-0.15, -0.1) is 11.3 Å². The van der Waals surface area contributed by atoms with Crippen LogP contribution in [-0.2, 0) is 17.6 Å². The van der Waals surface area contributed by atoms with E-state index in [4.69, 9.17) is 4.74 Å². The molecular weight excluding hydrogens is 376 g/mol. The van der Waals surface area contributed by atoms with Gasteiger partial charge in [0.25, 0.3) is 11.8 Å². The molecular formula is C21H24N2O4S. The fourth-order valence-corrected chi connectivity index (χ4v) is 4.68. The molecule has 0 unspecified atom stereocenters. The molecule has 0 spiro atoms. The summed E-state index contributed by atoms with van der Waals surface area (Å²) < 4.78 is 4.82. The predicted molar refractivity (Wildman–Crippen MR) is 109 cm³/mol. The maximum absolute atomic E-state index is 12.8. The fourth-order valence-electron chi connectivity index (χ4n) is 3.28. The molecule has 1 aliphatic carbocycles. The summed E-state index contributed by atoms with van der Waals surface area (Å²) in [5.41, 5.74) is 2.87. The SMILES string of the molecule is CCOC(=O)NC(=O)c1c(NC(=O)c2ccc(C)cc2)sc2c1CC[C@H](C)C2. The molecule has 0 aliphatic heterocycles. The number of carbonyl (C=O) groups excluding carboxylic acids is 3. The quantitative estimate of drug-likeness (QED) is 0.800. The van der Waals surface area contributed by atoms with E-state index in [-0.39, 0.29) is 12.5 Å². The van der Waals surface area contributed by atoms with Crippen molar-refractivity contribution >= 4 is 34.2 Å². The van der Waals surface area contributed by atoms with Gasteiger partial charge in [0.05, 0.1) is 12.2 Å². The van der Waals surface area contributed by atoms with Crippen molar-refractivity contribution in [3.05, 3.63) is 51.4 Å². The van der Waals surface area contributed by atoms with Crippen molar-refractivity contribution in [2.24, 2.45) is 5.92 Å². The number of fused-ring (bicyclic) bond motifs is 1. The molecule has 1 aliphatic rings. The van der Waals surface area contributed by atoms with E-state index in [2.05, 4.69) is 17.6 Å². The number of alkyl carbamates (subject to hydrolysis) is 1. The summed E-state index contributed by atoms with van der Waals surface area (Å²) >= 11 is 1.42. The highest BCUT2D eigenvalue weighted by Gasteiger charge is 2.29. The number of hydrogen-bond donors (Lipinski definition) is 2. The number of benzene rings is 1. The van der Waals surface area contributed by atoms with Gasteiger partial charge in [0, 0.05) is 10.4 Å². The first-order valence-corrected chi connectivity index (χ1v) is 10.2. The highest BCUT2D eigenvalue weighted by Crippen LogP contribution is 2.39. The first-order valence-electron chi connectivity index (χ1n) is 9.39. The number of rotatable bonds is 4. The van der Waals surface area contributed by atoms with Gasteiger partial charge in [0.15, 0.2) is 0 Å². The number of aryl methyl sites for hydroxylation is 1. The number of ether oxygens (including phenoxy) is 1. The van der Waals surface area contributed by atoms with E-state index in [9.17, 15) is 14.4 Å². The van der Waals surface area contributed by atoms with Crippen LogP contribution in [0.1, 0.15) is 57.0 Å². The average molecular weight is 401 g/mol. The Morgan fingerprint density at radius 1 is 1.18 bits per heavy atom. The summed E-state index contributed by atoms with van der Waals surface area (Å²) in [7, 11) is 0. The van der Waals surface area contributed by atoms with E-state index in [0.717, 1.165) is 35.3 Å². The lowest BCUT2D eigenvalue weighted by atomic mass is 9.88. The number of carbonyl (C=O) groups is 3. The van der Waals surface area contributed by atoms with E-state index in [1.165, 1.54) is 11.3 Å². The minimum absolute atomic E-state index is 0.176. The summed E-state index contributed by atoms with van der Waals surface area (Å²) in [5.74, 6) is -0.297. The topological polar surface area (TPSA) is 84.5 Å². The second kappa shape index (κ2) is 8.56. The van der Waals surface area contributed by atoms with Gasteiger partial charge in [-0.2, -0.15) is 0 Å². The molecule has 7 heteroatoms. The van der Waals surface area contributed by atoms with Crippen LogP contribution in [0.25, 0.3) is 0 Å². The first kappa shape index (κ1) is 20.1. The second-order valence-corrected chi connectivity index (χ2v) is 8.16. The van der Waals surface area contributed by atoms with Crippen molar-refractivity contribution in [2.45, 2.75) is 40.0 Å². The summed E-state index contributed by atoms with van der Waals surface area (Å²) in [5, 5.41) is 5.61. The first-order chi connectivity index (χ1) is 13.4. The lowest BCUT2D eigenvalue weighted by Crippen LogP contribution is -2.32. The van der Waals surface area contributed by atoms with Gasteiger partial charge in [-0.05, 0) is 56.7 Å². The number of imide groups is 1. The highest BCUT2D eigenvalue weighted by atomic mass is 32.1. The monoisotopic (exact) mass is 400 g/mol. The van der Waals surface area contributed by atoms with Crippen molar-refractivity contribution in [2.75, 3.05) is 11.9 Å². The molecule has 2 aromatic rings. The molecule has 1 aromatic heterocycles. The Kier molecular flexibility index (Phi) is 6.14. The molecule has 0 saturated carbocycles. The van der Waals surface area contributed by atoms with Crippen LogP contribution in [0.2, 0.25) is 0 Å². The third-order valence-electron chi connectivity index (χ3n) is 4.77. The van der Waals surface area contributed by atoms with Crippen molar-refractivity contribution < 1.29 is 19.1 Å². The normalized spacial score (nSPS) is 15.5. The lowest BCUT2D eigenvalue weighted by Gasteiger charge is -2.18. The van der Waals surface area contributed by atoms with Gasteiger partial charge < -0.3 is 10.1 Å². The van der Waals surface area contributed by atoms with Gasteiger partial charge in [0.2, 0.25) is 0 Å². The Morgan fingerprint density at radius 3 is 2.57 bits per heavy atom. The van der Waals surface area contributed by atoms with Gasteiger partial charge >= 0.3 is 6.09 Å². The lowest BCUT2D eigenvalue weighted by molar-refractivity contribution is 0.0925. The molecule has 28 heavy (non-hydrogen) atoms. The molecule has 1 heterocycles. The molecule has 1 aromatic carbocycles. The fraction of sp³-hybridized carbons (Fsp3) is 0.381. The third kappa shape index (κ3) is 4.42. The molecule has 0 radical (unpaired) electrons. The molecule has 2 N–H and O–H groups in total. The van der Waals surface area contributed by atoms with Crippen molar-refractivity contribution in [1.82, 2.24) is 5.32 Å². The van der Waals surface area contributed by atoms with Gasteiger partial charge in [-0.3, -0.25) is 14.9 Å². The molecule has 0 fully saturated rings. The molecule has 3 amide bonds. The minimum atomic E-state index is -0.785. The van der Waals surface area contributed by atoms with E-state index >= 15 is 0 Å². The van der Waals surface area contributed by atoms with E-state index in [0.29, 0.717) is 22.0 Å². The van der Waals surface area contributed by atoms with Crippen molar-refractivity contribution in [3.8, 4) is 0 Å². The Balaban J connectivity index is 1.91. The van der Waals surface area contributed by atoms with E-state index < -0.39 is 12.0 Å². The predicted octanol–water partition coefficient (Wildman–Crippen LogP) is 4.32. The number of hydrogen-bond acceptors (Lipinski definition) is 5. The van der Waals surface area contributed by atoms with E-state index in [1.54, 1.807) is 19.1 Å². The Morgan fingerprint density at radius 2 is 1.89 bits per heavy atom. The largest absolute Gasteiger partial charge is 0.450 e. The molecule has 3 rings (SSSR count). The van der Waals surface area contributed by atoms with Crippen LogP contribution in [0.4, 0.5) is 9.80 Å². The van der Waals surface area contributed by atoms with Crippen LogP contribution < -0.4 is 10.6 Å². The molecule has 1 atom stereocenters. The highest BCUT2D eigenvalue weighted by molar-refractivity contribution is 7.17. The smallest absolute Gasteiger partial charge is 0.414 e. The van der Waals surface area contributed by atoms with Gasteiger partial charge in [0.1, 0.15) is 5.00 Å². The summed E-state index contributed by atoms with van der Waals surface area (Å²) in [6.07, 6.45) is 1.79. The number of anilines is 1. The maximum atomic E-state index is 12.8. The number of nitrogens with one attached hydrogen (secondary N) is 2. The average Bonchev–Trinajstić information content (AvgIpc) is 2.99. The molecule has 0 bridgehead atoms. The standard InChI is InChI=1S/C21H24N2O4S/c1-4-27-21(26)23-19(25)17-15-10-7-13(3)11-16(15)28-20(17)22-18(24)14-8-5-12(2)6-9-14/h5-6,8-9,13H,4,7,10-11H2,1-3H3,(H,22,24)(H,23,25,26)/t13-/m0/s1. The van der Waals surface area contributed by atoms with Crippen molar-refractivity contribution in [1.29, 1.82) is 0 Å². The Bertz CT molecular complexity index is 902. The van der Waals surface area contributed by atoms with E-state index in [1.807, 2.05) is 19.1 Å². The zero-order valence-corrected chi connectivity index (χ0v) is 17.1. The van der Waals surface area contributed by atoms with Crippen LogP contribution in [0.15, 0.2) is 24.3 Å². The Labute approximate surface area is 168 Å². The van der Waals surface area contributed by atoms with Crippen LogP contribution in [0, 0.1) is 12.8 Å². The van der Waals surface area contributed by atoms with Crippen LogP contribution in [0.3, 0.4) is 0 Å². The third-order valence-corrected chi connectivity index (χ3v) is 5.94. The number of thiophene rings is 1. The zero-order valence-electron chi connectivity index (χ0n) is 16.3. The van der Waals surface area contributed by atoms with Crippen LogP contribution in [0.5, 0.6) is 0 Å². The summed E-state index contributed by atoms with van der Waals surface area (Å²) in [6, 6.07) is 7.23. The maximum Gasteiger partial charge on any atom is 0.414 e. The van der Waals surface area contributed by atoms with Gasteiger partial charge in [-0.1, -0.05) is 24.6 Å². The summed E-state index contributed by atoms with van der Waals surface area (Å²) in [6.45, 7) is 5.97. The molecule has 6 nitrogen and oxygen atoms in total. The molecule has 0 saturated heterocycles. The molecule has 148 valence electrons. The second-order valence-electron chi connectivity index (χ2n) is 7.05. The zero-order chi connectivity index (χ0) is 20.3. The number of amides is 3. The van der Waals surface area contributed by atoms with Crippen LogP contribution in [-0.4, -0.2) is 24.5 Å². The Hall–Kier alpha value is -2.67.